The molecule has 2 rings (SSSR count). The first-order chi connectivity index (χ1) is 12.2. The van der Waals surface area contributed by atoms with E-state index in [1.165, 1.54) is 32.1 Å². The number of aryl methyl sites for hydroxylation is 2. The molecule has 2 aromatic rings. The van der Waals surface area contributed by atoms with Gasteiger partial charge in [0.25, 0.3) is 0 Å². The molecule has 0 saturated heterocycles. The lowest BCUT2D eigenvalue weighted by molar-refractivity contribution is 0.624. The van der Waals surface area contributed by atoms with Crippen LogP contribution in [-0.4, -0.2) is 15.0 Å². The van der Waals surface area contributed by atoms with Gasteiger partial charge in [0.2, 0.25) is 0 Å². The number of imidazole rings is 1. The molecule has 1 N–H and O–H groups in total. The Morgan fingerprint density at radius 1 is 1.16 bits per heavy atom. The first-order valence-corrected chi connectivity index (χ1v) is 9.56. The molecule has 25 heavy (non-hydrogen) atoms. The van der Waals surface area contributed by atoms with Gasteiger partial charge in [0, 0.05) is 17.5 Å². The molecule has 0 spiro atoms. The molecule has 0 unspecified atom stereocenters. The molecule has 2 aromatic heterocycles. The quantitative estimate of drug-likeness (QED) is 0.523. The number of allylic oxidation sites excluding steroid dienone is 1. The third-order valence-electron chi connectivity index (χ3n) is 4.47. The zero-order valence-corrected chi connectivity index (χ0v) is 15.9. The molecule has 2 heterocycles. The second kappa shape index (κ2) is 9.97. The first kappa shape index (κ1) is 19.2. The van der Waals surface area contributed by atoms with Crippen molar-refractivity contribution in [1.29, 1.82) is 0 Å². The van der Waals surface area contributed by atoms with Crippen molar-refractivity contribution in [3.63, 3.8) is 0 Å². The summed E-state index contributed by atoms with van der Waals surface area (Å²) < 4.78 is 0. The zero-order chi connectivity index (χ0) is 18.1. The van der Waals surface area contributed by atoms with Crippen LogP contribution in [0, 0.1) is 0 Å². The molecular formula is C22H31N3. The second-order valence-corrected chi connectivity index (χ2v) is 6.42. The van der Waals surface area contributed by atoms with Gasteiger partial charge in [0.05, 0.1) is 23.3 Å². The van der Waals surface area contributed by atoms with Gasteiger partial charge in [-0.2, -0.15) is 0 Å². The van der Waals surface area contributed by atoms with Gasteiger partial charge in [0.1, 0.15) is 5.82 Å². The van der Waals surface area contributed by atoms with E-state index in [2.05, 4.69) is 42.5 Å². The van der Waals surface area contributed by atoms with E-state index in [0.29, 0.717) is 0 Å². The number of hydrogen-bond acceptors (Lipinski definition) is 2. The molecule has 0 aromatic carbocycles. The van der Waals surface area contributed by atoms with Crippen molar-refractivity contribution in [3.8, 4) is 11.3 Å². The molecule has 0 amide bonds. The third kappa shape index (κ3) is 5.15. The molecule has 0 radical (unpaired) electrons. The summed E-state index contributed by atoms with van der Waals surface area (Å²) in [5, 5.41) is 0. The maximum absolute atomic E-state index is 4.79. The monoisotopic (exact) mass is 337 g/mol. The van der Waals surface area contributed by atoms with Crippen LogP contribution in [0.15, 0.2) is 24.9 Å². The summed E-state index contributed by atoms with van der Waals surface area (Å²) in [6, 6.07) is 2.20. The predicted molar refractivity (Wildman–Crippen MR) is 108 cm³/mol. The number of rotatable bonds is 10. The Hall–Kier alpha value is -2.16. The van der Waals surface area contributed by atoms with Gasteiger partial charge in [-0.25, -0.2) is 4.98 Å². The van der Waals surface area contributed by atoms with Crippen molar-refractivity contribution in [2.24, 2.45) is 0 Å². The van der Waals surface area contributed by atoms with E-state index in [4.69, 9.17) is 4.98 Å². The number of nitrogens with one attached hydrogen (secondary N) is 1. The molecular weight excluding hydrogens is 306 g/mol. The molecule has 3 heteroatoms. The topological polar surface area (TPSA) is 41.6 Å². The number of aromatic amines is 1. The molecule has 0 bridgehead atoms. The Bertz CT molecular complexity index is 710. The molecule has 0 saturated carbocycles. The first-order valence-electron chi connectivity index (χ1n) is 9.56. The van der Waals surface area contributed by atoms with E-state index in [9.17, 15) is 0 Å². The summed E-state index contributed by atoms with van der Waals surface area (Å²) in [7, 11) is 0. The van der Waals surface area contributed by atoms with Gasteiger partial charge in [-0.05, 0) is 31.9 Å². The second-order valence-electron chi connectivity index (χ2n) is 6.42. The van der Waals surface area contributed by atoms with E-state index >= 15 is 0 Å². The van der Waals surface area contributed by atoms with Crippen LogP contribution in [0.3, 0.4) is 0 Å². The lowest BCUT2D eigenvalue weighted by Crippen LogP contribution is -1.98. The summed E-state index contributed by atoms with van der Waals surface area (Å²) in [5.41, 5.74) is 5.33. The SMILES string of the molecule is C=Cc1nc(CC)c(-c2cnc(CCCCCCC)[nH]2)cc1/C=C\C. The number of unbranched alkanes of at least 4 members (excludes halogenated alkanes) is 4. The van der Waals surface area contributed by atoms with Crippen LogP contribution in [-0.2, 0) is 12.8 Å². The number of aromatic nitrogens is 3. The van der Waals surface area contributed by atoms with Gasteiger partial charge in [-0.15, -0.1) is 0 Å². The minimum Gasteiger partial charge on any atom is -0.342 e. The van der Waals surface area contributed by atoms with E-state index in [-0.39, 0.29) is 0 Å². The fourth-order valence-electron chi connectivity index (χ4n) is 3.08. The van der Waals surface area contributed by atoms with Gasteiger partial charge in [0.15, 0.2) is 0 Å². The molecule has 0 atom stereocenters. The molecule has 0 aliphatic rings. The van der Waals surface area contributed by atoms with Crippen molar-refractivity contribution in [1.82, 2.24) is 15.0 Å². The molecule has 0 aliphatic heterocycles. The fourth-order valence-corrected chi connectivity index (χ4v) is 3.08. The normalized spacial score (nSPS) is 11.3. The van der Waals surface area contributed by atoms with Crippen LogP contribution in [0.2, 0.25) is 0 Å². The van der Waals surface area contributed by atoms with Crippen LogP contribution < -0.4 is 0 Å². The minimum absolute atomic E-state index is 0.887. The smallest absolute Gasteiger partial charge is 0.106 e. The van der Waals surface area contributed by atoms with Crippen LogP contribution in [0.1, 0.15) is 75.7 Å². The Morgan fingerprint density at radius 3 is 2.64 bits per heavy atom. The third-order valence-corrected chi connectivity index (χ3v) is 4.47. The highest BCUT2D eigenvalue weighted by Crippen LogP contribution is 2.26. The van der Waals surface area contributed by atoms with E-state index < -0.39 is 0 Å². The maximum Gasteiger partial charge on any atom is 0.106 e. The van der Waals surface area contributed by atoms with Crippen molar-refractivity contribution in [2.75, 3.05) is 0 Å². The van der Waals surface area contributed by atoms with Crippen molar-refractivity contribution >= 4 is 12.2 Å². The fraction of sp³-hybridized carbons (Fsp3) is 0.455. The Labute approximate surface area is 152 Å². The van der Waals surface area contributed by atoms with E-state index in [1.54, 1.807) is 0 Å². The largest absolute Gasteiger partial charge is 0.342 e. The summed E-state index contributed by atoms with van der Waals surface area (Å²) in [6.45, 7) is 10.3. The molecule has 0 fully saturated rings. The van der Waals surface area contributed by atoms with Crippen LogP contribution >= 0.6 is 0 Å². The molecule has 3 nitrogen and oxygen atoms in total. The van der Waals surface area contributed by atoms with Crippen LogP contribution in [0.5, 0.6) is 0 Å². The number of H-pyrrole nitrogens is 1. The van der Waals surface area contributed by atoms with E-state index in [0.717, 1.165) is 46.9 Å². The molecule has 134 valence electrons. The highest BCUT2D eigenvalue weighted by molar-refractivity contribution is 5.71. The standard InChI is InChI=1S/C22H31N3/c1-5-9-10-11-12-14-22-23-16-21(25-22)18-15-17(13-6-2)19(7-3)24-20(18)8-4/h6-7,13,15-16H,3,5,8-12,14H2,1-2,4H3,(H,23,25)/b13-6-. The average Bonchev–Trinajstić information content (AvgIpc) is 3.10. The average molecular weight is 338 g/mol. The Balaban J connectivity index is 2.20. The van der Waals surface area contributed by atoms with Gasteiger partial charge in [-0.3, -0.25) is 4.98 Å². The summed E-state index contributed by atoms with van der Waals surface area (Å²) in [5.74, 6) is 1.08. The Morgan fingerprint density at radius 2 is 1.96 bits per heavy atom. The zero-order valence-electron chi connectivity index (χ0n) is 15.9. The van der Waals surface area contributed by atoms with Crippen LogP contribution in [0.25, 0.3) is 23.4 Å². The van der Waals surface area contributed by atoms with E-state index in [1.807, 2.05) is 25.3 Å². The molecule has 0 aliphatic carbocycles. The minimum atomic E-state index is 0.887. The Kier molecular flexibility index (Phi) is 7.65. The lowest BCUT2D eigenvalue weighted by Gasteiger charge is -2.10. The van der Waals surface area contributed by atoms with Gasteiger partial charge in [-0.1, -0.05) is 58.3 Å². The number of hydrogen-bond donors (Lipinski definition) is 1. The number of pyridine rings is 1. The van der Waals surface area contributed by atoms with Gasteiger partial charge >= 0.3 is 0 Å². The van der Waals surface area contributed by atoms with Crippen molar-refractivity contribution in [3.05, 3.63) is 47.7 Å². The van der Waals surface area contributed by atoms with Crippen molar-refractivity contribution in [2.45, 2.75) is 65.7 Å². The predicted octanol–water partition coefficient (Wildman–Crippen LogP) is 6.22. The lowest BCUT2D eigenvalue weighted by atomic mass is 10.0. The highest BCUT2D eigenvalue weighted by atomic mass is 14.9. The van der Waals surface area contributed by atoms with Gasteiger partial charge < -0.3 is 4.98 Å². The van der Waals surface area contributed by atoms with Crippen molar-refractivity contribution < 1.29 is 0 Å². The summed E-state index contributed by atoms with van der Waals surface area (Å²) >= 11 is 0. The maximum atomic E-state index is 4.79. The summed E-state index contributed by atoms with van der Waals surface area (Å²) in [4.78, 5) is 12.9. The van der Waals surface area contributed by atoms with Crippen LogP contribution in [0.4, 0.5) is 0 Å². The highest BCUT2D eigenvalue weighted by Gasteiger charge is 2.12. The number of nitrogens with zero attached hydrogens (tertiary/aromatic N) is 2. The summed E-state index contributed by atoms with van der Waals surface area (Å²) in [6.07, 6.45) is 16.2.